The summed E-state index contributed by atoms with van der Waals surface area (Å²) in [6, 6.07) is 9.65. The maximum atomic E-state index is 3.70. The van der Waals surface area contributed by atoms with E-state index in [1.54, 1.807) is 0 Å². The van der Waals surface area contributed by atoms with Gasteiger partial charge in [-0.1, -0.05) is 41.9 Å². The smallest absolute Gasteiger partial charge is 0.0175 e. The fourth-order valence-corrected chi connectivity index (χ4v) is 2.71. The molecule has 1 N–H and O–H groups in total. The minimum atomic E-state index is 0.309. The van der Waals surface area contributed by atoms with E-state index in [2.05, 4.69) is 59.4 Å². The van der Waals surface area contributed by atoms with Crippen LogP contribution in [-0.2, 0) is 5.41 Å². The van der Waals surface area contributed by atoms with Crippen LogP contribution in [0.15, 0.2) is 28.7 Å². The Labute approximate surface area is 113 Å². The van der Waals surface area contributed by atoms with Crippen molar-refractivity contribution in [1.29, 1.82) is 0 Å². The van der Waals surface area contributed by atoms with Gasteiger partial charge in [-0.05, 0) is 43.4 Å². The molecule has 1 aromatic rings. The van der Waals surface area contributed by atoms with Gasteiger partial charge in [0.05, 0.1) is 0 Å². The van der Waals surface area contributed by atoms with Crippen molar-refractivity contribution in [3.63, 3.8) is 0 Å². The van der Waals surface area contributed by atoms with Crippen LogP contribution in [0, 0.1) is 0 Å². The first-order chi connectivity index (χ1) is 8.20. The molecule has 2 rings (SSSR count). The van der Waals surface area contributed by atoms with Crippen LogP contribution in [0.5, 0.6) is 0 Å². The van der Waals surface area contributed by atoms with Crippen molar-refractivity contribution in [2.75, 3.05) is 6.54 Å². The molecule has 0 unspecified atom stereocenters. The number of rotatable bonds is 6. The van der Waals surface area contributed by atoms with Gasteiger partial charge in [-0.15, -0.1) is 0 Å². The zero-order valence-electron chi connectivity index (χ0n) is 10.8. The fourth-order valence-electron chi connectivity index (χ4n) is 2.44. The predicted octanol–water partition coefficient (Wildman–Crippen LogP) is 4.26. The number of hydrogen-bond acceptors (Lipinski definition) is 1. The average Bonchev–Trinajstić information content (AvgIpc) is 3.17. The summed E-state index contributed by atoms with van der Waals surface area (Å²) in [4.78, 5) is 0. The number of nitrogens with one attached hydrogen (secondary N) is 1. The van der Waals surface area contributed by atoms with Crippen LogP contribution < -0.4 is 5.32 Å². The van der Waals surface area contributed by atoms with E-state index in [1.165, 1.54) is 31.2 Å². The van der Waals surface area contributed by atoms with E-state index in [0.29, 0.717) is 5.41 Å². The van der Waals surface area contributed by atoms with E-state index in [9.17, 15) is 0 Å². The standard InChI is InChI=1S/C15H22BrN/c1-3-15(4-2,11-17-14-9-10-14)12-5-7-13(16)8-6-12/h5-8,14,17H,3-4,9-11H2,1-2H3. The van der Waals surface area contributed by atoms with Crippen LogP contribution in [0.3, 0.4) is 0 Å². The minimum Gasteiger partial charge on any atom is -0.313 e. The van der Waals surface area contributed by atoms with E-state index in [-0.39, 0.29) is 0 Å². The van der Waals surface area contributed by atoms with Gasteiger partial charge in [0, 0.05) is 22.5 Å². The topological polar surface area (TPSA) is 12.0 Å². The molecule has 1 aliphatic rings. The van der Waals surface area contributed by atoms with Crippen LogP contribution >= 0.6 is 15.9 Å². The molecular formula is C15H22BrN. The monoisotopic (exact) mass is 295 g/mol. The summed E-state index contributed by atoms with van der Waals surface area (Å²) in [5.74, 6) is 0. The largest absolute Gasteiger partial charge is 0.313 e. The SMILES string of the molecule is CCC(CC)(CNC1CC1)c1ccc(Br)cc1. The first-order valence-corrected chi connectivity index (χ1v) is 7.49. The third kappa shape index (κ3) is 3.11. The third-order valence-corrected chi connectivity index (χ3v) is 4.65. The summed E-state index contributed by atoms with van der Waals surface area (Å²) in [6.07, 6.45) is 5.13. The van der Waals surface area contributed by atoms with Gasteiger partial charge < -0.3 is 5.32 Å². The van der Waals surface area contributed by atoms with Crippen molar-refractivity contribution in [2.24, 2.45) is 0 Å². The van der Waals surface area contributed by atoms with Crippen LogP contribution in [-0.4, -0.2) is 12.6 Å². The second kappa shape index (κ2) is 5.53. The molecule has 0 aromatic heterocycles. The summed E-state index contributed by atoms with van der Waals surface area (Å²) in [5, 5.41) is 3.70. The van der Waals surface area contributed by atoms with Crippen molar-refractivity contribution < 1.29 is 0 Å². The molecule has 1 nitrogen and oxygen atoms in total. The Balaban J connectivity index is 2.15. The summed E-state index contributed by atoms with van der Waals surface area (Å²) < 4.78 is 1.16. The summed E-state index contributed by atoms with van der Waals surface area (Å²) in [6.45, 7) is 5.73. The molecule has 0 amide bonds. The Kier molecular flexibility index (Phi) is 4.26. The van der Waals surface area contributed by atoms with Gasteiger partial charge in [0.15, 0.2) is 0 Å². The molecule has 0 heterocycles. The molecular weight excluding hydrogens is 274 g/mol. The molecule has 1 fully saturated rings. The zero-order chi connectivity index (χ0) is 12.3. The molecule has 0 saturated heterocycles. The van der Waals surface area contributed by atoms with Gasteiger partial charge >= 0.3 is 0 Å². The van der Waals surface area contributed by atoms with Crippen molar-refractivity contribution in [3.05, 3.63) is 34.3 Å². The minimum absolute atomic E-state index is 0.309. The molecule has 0 bridgehead atoms. The summed E-state index contributed by atoms with van der Waals surface area (Å²) >= 11 is 3.51. The first-order valence-electron chi connectivity index (χ1n) is 6.69. The van der Waals surface area contributed by atoms with Crippen molar-refractivity contribution in [3.8, 4) is 0 Å². The molecule has 2 heteroatoms. The van der Waals surface area contributed by atoms with E-state index in [4.69, 9.17) is 0 Å². The van der Waals surface area contributed by atoms with Crippen LogP contribution in [0.1, 0.15) is 45.1 Å². The van der Waals surface area contributed by atoms with Gasteiger partial charge in [-0.2, -0.15) is 0 Å². The third-order valence-electron chi connectivity index (χ3n) is 4.12. The summed E-state index contributed by atoms with van der Waals surface area (Å²) in [5.41, 5.74) is 1.78. The van der Waals surface area contributed by atoms with Crippen molar-refractivity contribution in [2.45, 2.75) is 51.0 Å². The van der Waals surface area contributed by atoms with E-state index in [1.807, 2.05) is 0 Å². The van der Waals surface area contributed by atoms with Gasteiger partial charge in [0.2, 0.25) is 0 Å². The summed E-state index contributed by atoms with van der Waals surface area (Å²) in [7, 11) is 0. The van der Waals surface area contributed by atoms with Crippen molar-refractivity contribution in [1.82, 2.24) is 5.32 Å². The molecule has 0 atom stereocenters. The first kappa shape index (κ1) is 13.1. The van der Waals surface area contributed by atoms with Crippen molar-refractivity contribution >= 4 is 15.9 Å². The highest BCUT2D eigenvalue weighted by molar-refractivity contribution is 9.10. The van der Waals surface area contributed by atoms with Crippen LogP contribution in [0.4, 0.5) is 0 Å². The van der Waals surface area contributed by atoms with Crippen LogP contribution in [0.25, 0.3) is 0 Å². The van der Waals surface area contributed by atoms with Gasteiger partial charge in [0.25, 0.3) is 0 Å². The molecule has 0 spiro atoms. The maximum absolute atomic E-state index is 3.70. The Morgan fingerprint density at radius 3 is 2.24 bits per heavy atom. The molecule has 17 heavy (non-hydrogen) atoms. The maximum Gasteiger partial charge on any atom is 0.0175 e. The average molecular weight is 296 g/mol. The van der Waals surface area contributed by atoms with Gasteiger partial charge in [-0.25, -0.2) is 0 Å². The fraction of sp³-hybridized carbons (Fsp3) is 0.600. The number of benzene rings is 1. The molecule has 1 aromatic carbocycles. The Morgan fingerprint density at radius 1 is 1.18 bits per heavy atom. The second-order valence-electron chi connectivity index (χ2n) is 5.15. The van der Waals surface area contributed by atoms with E-state index >= 15 is 0 Å². The lowest BCUT2D eigenvalue weighted by Gasteiger charge is -2.33. The lowest BCUT2D eigenvalue weighted by Crippen LogP contribution is -2.38. The number of halogens is 1. The van der Waals surface area contributed by atoms with Gasteiger partial charge in [0.1, 0.15) is 0 Å². The van der Waals surface area contributed by atoms with Gasteiger partial charge in [-0.3, -0.25) is 0 Å². The molecule has 94 valence electrons. The lowest BCUT2D eigenvalue weighted by atomic mass is 9.76. The Bertz CT molecular complexity index is 350. The van der Waals surface area contributed by atoms with Crippen LogP contribution in [0.2, 0.25) is 0 Å². The van der Waals surface area contributed by atoms with E-state index in [0.717, 1.165) is 17.1 Å². The quantitative estimate of drug-likeness (QED) is 0.827. The molecule has 0 aliphatic heterocycles. The molecule has 1 aliphatic carbocycles. The highest BCUT2D eigenvalue weighted by Crippen LogP contribution is 2.33. The highest BCUT2D eigenvalue weighted by Gasteiger charge is 2.31. The predicted molar refractivity (Wildman–Crippen MR) is 77.4 cm³/mol. The Morgan fingerprint density at radius 2 is 1.76 bits per heavy atom. The number of hydrogen-bond donors (Lipinski definition) is 1. The normalized spacial score (nSPS) is 16.2. The Hall–Kier alpha value is -0.340. The van der Waals surface area contributed by atoms with E-state index < -0.39 is 0 Å². The highest BCUT2D eigenvalue weighted by atomic mass is 79.9. The molecule has 0 radical (unpaired) electrons. The lowest BCUT2D eigenvalue weighted by molar-refractivity contribution is 0.367. The second-order valence-corrected chi connectivity index (χ2v) is 6.07. The molecule has 1 saturated carbocycles. The zero-order valence-corrected chi connectivity index (χ0v) is 12.4.